The van der Waals surface area contributed by atoms with Gasteiger partial charge in [-0.2, -0.15) is 11.8 Å². The molecule has 0 fully saturated rings. The summed E-state index contributed by atoms with van der Waals surface area (Å²) in [6.07, 6.45) is 0.832. The molecule has 0 aromatic heterocycles. The van der Waals surface area contributed by atoms with Crippen LogP contribution in [0.15, 0.2) is 47.5 Å². The van der Waals surface area contributed by atoms with Gasteiger partial charge >= 0.3 is 0 Å². The van der Waals surface area contributed by atoms with Crippen molar-refractivity contribution in [3.63, 3.8) is 0 Å². The fourth-order valence-electron chi connectivity index (χ4n) is 2.53. The second-order valence-electron chi connectivity index (χ2n) is 6.17. The Kier molecular flexibility index (Phi) is 11.8. The number of ether oxygens (including phenoxy) is 2. The van der Waals surface area contributed by atoms with Crippen LogP contribution >= 0.6 is 35.7 Å². The third kappa shape index (κ3) is 8.60. The normalized spacial score (nSPS) is 10.9. The highest BCUT2D eigenvalue weighted by atomic mass is 127. The summed E-state index contributed by atoms with van der Waals surface area (Å²) in [5.74, 6) is 3.92. The van der Waals surface area contributed by atoms with Crippen LogP contribution in [0.5, 0.6) is 11.5 Å². The van der Waals surface area contributed by atoms with Crippen molar-refractivity contribution in [2.75, 3.05) is 33.1 Å². The van der Waals surface area contributed by atoms with E-state index in [9.17, 15) is 0 Å². The van der Waals surface area contributed by atoms with Crippen LogP contribution in [0.3, 0.4) is 0 Å². The van der Waals surface area contributed by atoms with Gasteiger partial charge in [0.2, 0.25) is 0 Å². The molecule has 0 aliphatic carbocycles. The van der Waals surface area contributed by atoms with E-state index in [1.807, 2.05) is 30.0 Å². The first-order valence-electron chi connectivity index (χ1n) is 9.00. The SMILES string of the molecule is COc1ccc(CCNC(N)=NCCSCc2ccc(C)cc2)cc1OC.I. The summed E-state index contributed by atoms with van der Waals surface area (Å²) in [6.45, 7) is 3.54. The number of aliphatic imine (C=N–C) groups is 1. The molecule has 0 unspecified atom stereocenters. The second kappa shape index (κ2) is 13.5. The van der Waals surface area contributed by atoms with Crippen LogP contribution in [-0.2, 0) is 12.2 Å². The average Bonchev–Trinajstić information content (AvgIpc) is 2.69. The van der Waals surface area contributed by atoms with E-state index in [1.165, 1.54) is 11.1 Å². The molecule has 0 spiro atoms. The maximum absolute atomic E-state index is 5.93. The van der Waals surface area contributed by atoms with E-state index in [-0.39, 0.29) is 24.0 Å². The van der Waals surface area contributed by atoms with Crippen molar-refractivity contribution in [2.24, 2.45) is 10.7 Å². The fourth-order valence-corrected chi connectivity index (χ4v) is 3.32. The molecular formula is C21H30IN3O2S. The molecule has 154 valence electrons. The van der Waals surface area contributed by atoms with Gasteiger partial charge in [-0.15, -0.1) is 24.0 Å². The molecule has 7 heteroatoms. The van der Waals surface area contributed by atoms with Gasteiger partial charge < -0.3 is 20.5 Å². The summed E-state index contributed by atoms with van der Waals surface area (Å²) in [5, 5.41) is 3.16. The van der Waals surface area contributed by atoms with E-state index in [0.717, 1.165) is 41.5 Å². The van der Waals surface area contributed by atoms with E-state index in [1.54, 1.807) is 14.2 Å². The van der Waals surface area contributed by atoms with Crippen LogP contribution in [0.25, 0.3) is 0 Å². The van der Waals surface area contributed by atoms with Crippen molar-refractivity contribution in [1.82, 2.24) is 5.32 Å². The molecule has 28 heavy (non-hydrogen) atoms. The van der Waals surface area contributed by atoms with Crippen LogP contribution in [0.1, 0.15) is 16.7 Å². The molecular weight excluding hydrogens is 485 g/mol. The maximum atomic E-state index is 5.93. The Labute approximate surface area is 189 Å². The summed E-state index contributed by atoms with van der Waals surface area (Å²) < 4.78 is 10.6. The highest BCUT2D eigenvalue weighted by molar-refractivity contribution is 14.0. The molecule has 0 amide bonds. The van der Waals surface area contributed by atoms with Crippen molar-refractivity contribution >= 4 is 41.7 Å². The Morgan fingerprint density at radius 3 is 2.39 bits per heavy atom. The van der Waals surface area contributed by atoms with Crippen molar-refractivity contribution in [3.05, 3.63) is 59.2 Å². The van der Waals surface area contributed by atoms with Gasteiger partial charge in [0.05, 0.1) is 20.8 Å². The first-order chi connectivity index (χ1) is 13.1. The number of benzene rings is 2. The summed E-state index contributed by atoms with van der Waals surface area (Å²) in [6, 6.07) is 14.6. The summed E-state index contributed by atoms with van der Waals surface area (Å²) in [7, 11) is 3.27. The minimum Gasteiger partial charge on any atom is -0.493 e. The molecule has 0 saturated carbocycles. The Morgan fingerprint density at radius 2 is 1.71 bits per heavy atom. The van der Waals surface area contributed by atoms with Gasteiger partial charge in [0.25, 0.3) is 0 Å². The first-order valence-corrected chi connectivity index (χ1v) is 10.2. The number of thioether (sulfide) groups is 1. The number of hydrogen-bond acceptors (Lipinski definition) is 4. The van der Waals surface area contributed by atoms with E-state index >= 15 is 0 Å². The predicted octanol–water partition coefficient (Wildman–Crippen LogP) is 4.01. The Morgan fingerprint density at radius 1 is 1.04 bits per heavy atom. The molecule has 0 atom stereocenters. The molecule has 5 nitrogen and oxygen atoms in total. The van der Waals surface area contributed by atoms with E-state index < -0.39 is 0 Å². The number of hydrogen-bond donors (Lipinski definition) is 2. The predicted molar refractivity (Wildman–Crippen MR) is 130 cm³/mol. The van der Waals surface area contributed by atoms with Crippen LogP contribution in [0.2, 0.25) is 0 Å². The first kappa shape index (κ1) is 24.4. The molecule has 2 rings (SSSR count). The number of nitrogens with zero attached hydrogens (tertiary/aromatic N) is 1. The van der Waals surface area contributed by atoms with E-state index in [4.69, 9.17) is 15.2 Å². The number of rotatable bonds is 10. The molecule has 0 aliphatic heterocycles. The van der Waals surface area contributed by atoms with Crippen molar-refractivity contribution in [3.8, 4) is 11.5 Å². The zero-order valence-corrected chi connectivity index (χ0v) is 19.9. The minimum absolute atomic E-state index is 0. The maximum Gasteiger partial charge on any atom is 0.188 e. The molecule has 0 bridgehead atoms. The van der Waals surface area contributed by atoms with Crippen LogP contribution in [0.4, 0.5) is 0 Å². The van der Waals surface area contributed by atoms with Gasteiger partial charge in [-0.3, -0.25) is 4.99 Å². The average molecular weight is 515 g/mol. The lowest BCUT2D eigenvalue weighted by Crippen LogP contribution is -2.33. The third-order valence-corrected chi connectivity index (χ3v) is 5.08. The number of guanidine groups is 1. The lowest BCUT2D eigenvalue weighted by atomic mass is 10.1. The molecule has 0 aliphatic rings. The fraction of sp³-hybridized carbons (Fsp3) is 0.381. The minimum atomic E-state index is 0. The van der Waals surface area contributed by atoms with Crippen molar-refractivity contribution in [1.29, 1.82) is 0 Å². The molecule has 3 N–H and O–H groups in total. The van der Waals surface area contributed by atoms with Gasteiger partial charge in [-0.25, -0.2) is 0 Å². The van der Waals surface area contributed by atoms with Crippen LogP contribution in [0, 0.1) is 6.92 Å². The van der Waals surface area contributed by atoms with Gasteiger partial charge in [0, 0.05) is 18.1 Å². The topological polar surface area (TPSA) is 68.9 Å². The van der Waals surface area contributed by atoms with Gasteiger partial charge in [-0.05, 0) is 36.6 Å². The number of aryl methyl sites for hydroxylation is 1. The summed E-state index contributed by atoms with van der Waals surface area (Å²) in [4.78, 5) is 4.38. The Bertz CT molecular complexity index is 739. The Balaban J connectivity index is 0.00000392. The quantitative estimate of drug-likeness (QED) is 0.217. The lowest BCUT2D eigenvalue weighted by molar-refractivity contribution is 0.354. The highest BCUT2D eigenvalue weighted by Gasteiger charge is 2.04. The second-order valence-corrected chi connectivity index (χ2v) is 7.28. The third-order valence-electron chi connectivity index (χ3n) is 4.07. The monoisotopic (exact) mass is 515 g/mol. The van der Waals surface area contributed by atoms with Crippen molar-refractivity contribution < 1.29 is 9.47 Å². The molecule has 0 saturated heterocycles. The number of nitrogens with two attached hydrogens (primary N) is 1. The van der Waals surface area contributed by atoms with Gasteiger partial charge in [-0.1, -0.05) is 35.9 Å². The largest absolute Gasteiger partial charge is 0.493 e. The smallest absolute Gasteiger partial charge is 0.188 e. The van der Waals surface area contributed by atoms with Crippen LogP contribution in [-0.4, -0.2) is 39.0 Å². The summed E-state index contributed by atoms with van der Waals surface area (Å²) >= 11 is 1.87. The molecule has 2 aromatic rings. The highest BCUT2D eigenvalue weighted by Crippen LogP contribution is 2.27. The van der Waals surface area contributed by atoms with E-state index in [0.29, 0.717) is 12.5 Å². The lowest BCUT2D eigenvalue weighted by Gasteiger charge is -2.10. The molecule has 2 aromatic carbocycles. The van der Waals surface area contributed by atoms with Gasteiger partial charge in [0.1, 0.15) is 0 Å². The Hall–Kier alpha value is -1.61. The summed E-state index contributed by atoms with van der Waals surface area (Å²) in [5.41, 5.74) is 9.72. The zero-order chi connectivity index (χ0) is 19.5. The number of halogens is 1. The zero-order valence-electron chi connectivity index (χ0n) is 16.7. The number of nitrogens with one attached hydrogen (secondary N) is 1. The van der Waals surface area contributed by atoms with Crippen molar-refractivity contribution in [2.45, 2.75) is 19.1 Å². The van der Waals surface area contributed by atoms with Gasteiger partial charge in [0.15, 0.2) is 17.5 Å². The standard InChI is InChI=1S/C21H29N3O2S.HI/c1-16-4-6-18(7-5-16)15-27-13-12-24-21(22)23-11-10-17-8-9-19(25-2)20(14-17)26-3;/h4-9,14H,10-13,15H2,1-3H3,(H3,22,23,24);1H. The van der Waals surface area contributed by atoms with E-state index in [2.05, 4.69) is 41.5 Å². The molecule has 0 heterocycles. The number of methoxy groups -OCH3 is 2. The molecule has 0 radical (unpaired) electrons. The van der Waals surface area contributed by atoms with Crippen LogP contribution < -0.4 is 20.5 Å².